The molecule has 1 fully saturated rings. The van der Waals surface area contributed by atoms with Crippen LogP contribution in [-0.4, -0.2) is 49.8 Å². The highest BCUT2D eigenvalue weighted by Crippen LogP contribution is 2.18. The molecular weight excluding hydrogens is 316 g/mol. The molecule has 2 atom stereocenters. The van der Waals surface area contributed by atoms with Crippen LogP contribution in [0.1, 0.15) is 19.8 Å². The monoisotopic (exact) mass is 342 g/mol. The predicted octanol–water partition coefficient (Wildman–Crippen LogP) is 2.09. The number of nitrogens with two attached hydrogens (primary N) is 1. The van der Waals surface area contributed by atoms with Crippen molar-refractivity contribution >= 4 is 18.3 Å². The van der Waals surface area contributed by atoms with E-state index in [0.29, 0.717) is 19.1 Å². The van der Waals surface area contributed by atoms with E-state index in [4.69, 9.17) is 15.2 Å². The van der Waals surface area contributed by atoms with E-state index >= 15 is 0 Å². The van der Waals surface area contributed by atoms with Gasteiger partial charge in [-0.05, 0) is 37.8 Å². The number of piperidine rings is 1. The first-order chi connectivity index (χ1) is 10.7. The Bertz CT molecular complexity index is 456. The SMILES string of the molecule is CC(N)C1CCCN(C(=O)COCCOc2ccccc2)C1.Cl. The molecule has 1 heterocycles. The first-order valence-electron chi connectivity index (χ1n) is 7.96. The molecule has 0 spiro atoms. The zero-order chi connectivity index (χ0) is 15.8. The van der Waals surface area contributed by atoms with Crippen LogP contribution in [0.2, 0.25) is 0 Å². The number of hydrogen-bond acceptors (Lipinski definition) is 4. The number of hydrogen-bond donors (Lipinski definition) is 1. The summed E-state index contributed by atoms with van der Waals surface area (Å²) in [4.78, 5) is 14.0. The molecule has 0 aromatic heterocycles. The molecule has 1 saturated heterocycles. The second-order valence-electron chi connectivity index (χ2n) is 5.82. The lowest BCUT2D eigenvalue weighted by atomic mass is 9.92. The molecule has 0 aliphatic carbocycles. The Balaban J connectivity index is 0.00000264. The third kappa shape index (κ3) is 6.77. The first-order valence-corrected chi connectivity index (χ1v) is 7.96. The summed E-state index contributed by atoms with van der Waals surface area (Å²) >= 11 is 0. The Kier molecular flexibility index (Phi) is 8.99. The third-order valence-corrected chi connectivity index (χ3v) is 4.02. The Morgan fingerprint density at radius 2 is 2.09 bits per heavy atom. The number of benzene rings is 1. The average Bonchev–Trinajstić information content (AvgIpc) is 2.55. The zero-order valence-corrected chi connectivity index (χ0v) is 14.5. The lowest BCUT2D eigenvalue weighted by Crippen LogP contribution is -2.46. The summed E-state index contributed by atoms with van der Waals surface area (Å²) in [6, 6.07) is 9.71. The zero-order valence-electron chi connectivity index (χ0n) is 13.6. The molecule has 1 aromatic rings. The minimum atomic E-state index is 0. The molecular formula is C17H27ClN2O3. The van der Waals surface area contributed by atoms with Crippen LogP contribution in [-0.2, 0) is 9.53 Å². The van der Waals surface area contributed by atoms with Gasteiger partial charge >= 0.3 is 0 Å². The van der Waals surface area contributed by atoms with Gasteiger partial charge in [-0.1, -0.05) is 18.2 Å². The maximum absolute atomic E-state index is 12.1. The van der Waals surface area contributed by atoms with Gasteiger partial charge in [-0.15, -0.1) is 12.4 Å². The number of likely N-dealkylation sites (tertiary alicyclic amines) is 1. The van der Waals surface area contributed by atoms with Crippen molar-refractivity contribution in [2.75, 3.05) is 32.9 Å². The summed E-state index contributed by atoms with van der Waals surface area (Å²) < 4.78 is 10.9. The summed E-state index contributed by atoms with van der Waals surface area (Å²) in [5.74, 6) is 1.26. The van der Waals surface area contributed by atoms with Crippen LogP contribution in [0, 0.1) is 5.92 Å². The van der Waals surface area contributed by atoms with Crippen LogP contribution in [0.15, 0.2) is 30.3 Å². The smallest absolute Gasteiger partial charge is 0.248 e. The van der Waals surface area contributed by atoms with Crippen molar-refractivity contribution in [1.82, 2.24) is 4.90 Å². The summed E-state index contributed by atoms with van der Waals surface area (Å²) in [6.07, 6.45) is 2.13. The molecule has 130 valence electrons. The van der Waals surface area contributed by atoms with Gasteiger partial charge in [0, 0.05) is 19.1 Å². The van der Waals surface area contributed by atoms with E-state index in [1.165, 1.54) is 0 Å². The fraction of sp³-hybridized carbons (Fsp3) is 0.588. The van der Waals surface area contributed by atoms with Gasteiger partial charge in [-0.2, -0.15) is 0 Å². The average molecular weight is 343 g/mol. The van der Waals surface area contributed by atoms with Crippen molar-refractivity contribution in [3.8, 4) is 5.75 Å². The van der Waals surface area contributed by atoms with Gasteiger partial charge in [0.1, 0.15) is 19.0 Å². The Hall–Kier alpha value is -1.30. The van der Waals surface area contributed by atoms with Crippen LogP contribution in [0.3, 0.4) is 0 Å². The van der Waals surface area contributed by atoms with Crippen LogP contribution in [0.4, 0.5) is 0 Å². The van der Waals surface area contributed by atoms with Gasteiger partial charge in [0.2, 0.25) is 5.91 Å². The van der Waals surface area contributed by atoms with Crippen molar-refractivity contribution in [3.63, 3.8) is 0 Å². The lowest BCUT2D eigenvalue weighted by Gasteiger charge is -2.34. The van der Waals surface area contributed by atoms with Crippen molar-refractivity contribution in [2.45, 2.75) is 25.8 Å². The molecule has 2 rings (SSSR count). The number of nitrogens with zero attached hydrogens (tertiary/aromatic N) is 1. The fourth-order valence-electron chi connectivity index (χ4n) is 2.65. The second kappa shape index (κ2) is 10.5. The molecule has 1 aliphatic heterocycles. The number of rotatable bonds is 7. The molecule has 0 radical (unpaired) electrons. The maximum atomic E-state index is 12.1. The molecule has 5 nitrogen and oxygen atoms in total. The number of carbonyl (C=O) groups excluding carboxylic acids is 1. The van der Waals surface area contributed by atoms with E-state index in [1.807, 2.05) is 42.2 Å². The Labute approximate surface area is 144 Å². The fourth-order valence-corrected chi connectivity index (χ4v) is 2.65. The number of ether oxygens (including phenoxy) is 2. The van der Waals surface area contributed by atoms with Gasteiger partial charge < -0.3 is 20.1 Å². The minimum Gasteiger partial charge on any atom is -0.491 e. The Morgan fingerprint density at radius 1 is 1.35 bits per heavy atom. The highest BCUT2D eigenvalue weighted by Gasteiger charge is 2.25. The number of carbonyl (C=O) groups is 1. The van der Waals surface area contributed by atoms with Gasteiger partial charge in [-0.3, -0.25) is 4.79 Å². The quantitative estimate of drug-likeness (QED) is 0.771. The lowest BCUT2D eigenvalue weighted by molar-refractivity contribution is -0.138. The van der Waals surface area contributed by atoms with E-state index in [0.717, 1.165) is 31.7 Å². The van der Waals surface area contributed by atoms with E-state index in [-0.39, 0.29) is 31.0 Å². The summed E-state index contributed by atoms with van der Waals surface area (Å²) in [5, 5.41) is 0. The van der Waals surface area contributed by atoms with Crippen molar-refractivity contribution in [1.29, 1.82) is 0 Å². The molecule has 2 unspecified atom stereocenters. The van der Waals surface area contributed by atoms with E-state index in [9.17, 15) is 4.79 Å². The molecule has 0 saturated carbocycles. The Morgan fingerprint density at radius 3 is 2.78 bits per heavy atom. The van der Waals surface area contributed by atoms with Gasteiger partial charge in [0.15, 0.2) is 0 Å². The summed E-state index contributed by atoms with van der Waals surface area (Å²) in [7, 11) is 0. The van der Waals surface area contributed by atoms with Crippen LogP contribution < -0.4 is 10.5 Å². The second-order valence-corrected chi connectivity index (χ2v) is 5.82. The topological polar surface area (TPSA) is 64.8 Å². The highest BCUT2D eigenvalue weighted by atomic mass is 35.5. The normalized spacial score (nSPS) is 18.9. The maximum Gasteiger partial charge on any atom is 0.248 e. The summed E-state index contributed by atoms with van der Waals surface area (Å²) in [6.45, 7) is 4.54. The first kappa shape index (κ1) is 19.7. The molecule has 1 aliphatic rings. The van der Waals surface area contributed by atoms with Gasteiger partial charge in [0.05, 0.1) is 6.61 Å². The highest BCUT2D eigenvalue weighted by molar-refractivity contribution is 5.85. The van der Waals surface area contributed by atoms with Crippen LogP contribution >= 0.6 is 12.4 Å². The molecule has 2 N–H and O–H groups in total. The number of para-hydroxylation sites is 1. The molecule has 0 bridgehead atoms. The molecule has 23 heavy (non-hydrogen) atoms. The van der Waals surface area contributed by atoms with Crippen LogP contribution in [0.25, 0.3) is 0 Å². The standard InChI is InChI=1S/C17H26N2O3.ClH/c1-14(18)15-6-5-9-19(12-15)17(20)13-21-10-11-22-16-7-3-2-4-8-16;/h2-4,7-8,14-15H,5-6,9-13,18H2,1H3;1H. The van der Waals surface area contributed by atoms with Crippen molar-refractivity contribution < 1.29 is 14.3 Å². The van der Waals surface area contributed by atoms with E-state index in [2.05, 4.69) is 0 Å². The predicted molar refractivity (Wildman–Crippen MR) is 93.0 cm³/mol. The largest absolute Gasteiger partial charge is 0.491 e. The van der Waals surface area contributed by atoms with Crippen LogP contribution in [0.5, 0.6) is 5.75 Å². The van der Waals surface area contributed by atoms with E-state index in [1.54, 1.807) is 0 Å². The van der Waals surface area contributed by atoms with Crippen molar-refractivity contribution in [2.24, 2.45) is 11.7 Å². The third-order valence-electron chi connectivity index (χ3n) is 4.02. The van der Waals surface area contributed by atoms with E-state index < -0.39 is 0 Å². The molecule has 1 aromatic carbocycles. The van der Waals surface area contributed by atoms with Crippen molar-refractivity contribution in [3.05, 3.63) is 30.3 Å². The number of amides is 1. The van der Waals surface area contributed by atoms with Gasteiger partial charge in [-0.25, -0.2) is 0 Å². The minimum absolute atomic E-state index is 0. The number of halogens is 1. The summed E-state index contributed by atoms with van der Waals surface area (Å²) in [5.41, 5.74) is 5.94. The molecule has 1 amide bonds. The van der Waals surface area contributed by atoms with Gasteiger partial charge in [0.25, 0.3) is 0 Å². The molecule has 6 heteroatoms.